The zero-order chi connectivity index (χ0) is 20.9. The minimum Gasteiger partial charge on any atom is -0.493 e. The molecule has 0 bridgehead atoms. The minimum atomic E-state index is -0.240. The summed E-state index contributed by atoms with van der Waals surface area (Å²) in [5.74, 6) is 0.286. The number of amides is 2. The predicted molar refractivity (Wildman–Crippen MR) is 118 cm³/mol. The number of ether oxygens (including phenoxy) is 1. The van der Waals surface area contributed by atoms with Gasteiger partial charge in [0, 0.05) is 23.5 Å². The van der Waals surface area contributed by atoms with Gasteiger partial charge in [0.1, 0.15) is 5.75 Å². The number of fused-ring (bicyclic) bond motifs is 1. The summed E-state index contributed by atoms with van der Waals surface area (Å²) in [5.41, 5.74) is 3.75. The fourth-order valence-electron chi connectivity index (χ4n) is 3.73. The first-order valence-corrected chi connectivity index (χ1v) is 10.2. The number of anilines is 2. The van der Waals surface area contributed by atoms with E-state index in [4.69, 9.17) is 4.74 Å². The van der Waals surface area contributed by atoms with Crippen LogP contribution in [0.1, 0.15) is 39.6 Å². The first kappa shape index (κ1) is 19.7. The minimum absolute atomic E-state index is 0.0262. The Morgan fingerprint density at radius 1 is 1.00 bits per heavy atom. The second-order valence-electron chi connectivity index (χ2n) is 7.15. The van der Waals surface area contributed by atoms with Gasteiger partial charge in [0.25, 0.3) is 11.8 Å². The van der Waals surface area contributed by atoms with Crippen molar-refractivity contribution in [1.82, 2.24) is 0 Å². The van der Waals surface area contributed by atoms with Crippen LogP contribution in [-0.2, 0) is 6.42 Å². The Bertz CT molecular complexity index is 1060. The van der Waals surface area contributed by atoms with E-state index in [1.54, 1.807) is 17.0 Å². The van der Waals surface area contributed by atoms with Crippen molar-refractivity contribution in [2.45, 2.75) is 19.8 Å². The van der Waals surface area contributed by atoms with Crippen molar-refractivity contribution in [3.8, 4) is 5.75 Å². The normalized spacial score (nSPS) is 12.8. The van der Waals surface area contributed by atoms with Crippen LogP contribution in [0.15, 0.2) is 72.8 Å². The fourth-order valence-corrected chi connectivity index (χ4v) is 3.73. The average Bonchev–Trinajstić information content (AvgIpc) is 2.79. The van der Waals surface area contributed by atoms with Crippen LogP contribution in [0, 0.1) is 0 Å². The molecule has 3 aromatic rings. The van der Waals surface area contributed by atoms with Gasteiger partial charge in [-0.05, 0) is 61.7 Å². The molecular weight excluding hydrogens is 376 g/mol. The molecule has 0 saturated heterocycles. The van der Waals surface area contributed by atoms with Gasteiger partial charge in [-0.3, -0.25) is 9.59 Å². The molecular formula is C25H24N2O3. The van der Waals surface area contributed by atoms with Gasteiger partial charge in [-0.15, -0.1) is 0 Å². The van der Waals surface area contributed by atoms with E-state index in [2.05, 4.69) is 5.32 Å². The third-order valence-corrected chi connectivity index (χ3v) is 5.16. The van der Waals surface area contributed by atoms with Gasteiger partial charge >= 0.3 is 0 Å². The predicted octanol–water partition coefficient (Wildman–Crippen LogP) is 4.93. The van der Waals surface area contributed by atoms with Gasteiger partial charge in [0.05, 0.1) is 12.2 Å². The molecule has 5 nitrogen and oxygen atoms in total. The van der Waals surface area contributed by atoms with Crippen LogP contribution in [0.5, 0.6) is 5.75 Å². The van der Waals surface area contributed by atoms with Gasteiger partial charge in [0.15, 0.2) is 0 Å². The molecule has 1 aliphatic heterocycles. The number of para-hydroxylation sites is 1. The van der Waals surface area contributed by atoms with Crippen LogP contribution < -0.4 is 15.0 Å². The topological polar surface area (TPSA) is 58.6 Å². The maximum absolute atomic E-state index is 13.1. The monoisotopic (exact) mass is 400 g/mol. The first-order chi connectivity index (χ1) is 14.7. The molecule has 1 heterocycles. The summed E-state index contributed by atoms with van der Waals surface area (Å²) in [6.07, 6.45) is 1.83. The zero-order valence-electron chi connectivity index (χ0n) is 16.9. The van der Waals surface area contributed by atoms with Crippen molar-refractivity contribution >= 4 is 23.2 Å². The summed E-state index contributed by atoms with van der Waals surface area (Å²) in [6, 6.07) is 22.2. The van der Waals surface area contributed by atoms with Crippen molar-refractivity contribution in [1.29, 1.82) is 0 Å². The number of nitrogens with one attached hydrogen (secondary N) is 1. The average molecular weight is 400 g/mol. The van der Waals surface area contributed by atoms with Crippen LogP contribution in [0.2, 0.25) is 0 Å². The molecule has 0 aromatic heterocycles. The number of benzene rings is 3. The standard InChI is InChI=1S/C25H24N2O3/c1-2-30-23-13-7-6-12-21(23)24(28)26-20-15-14-18-11-8-16-27(22(18)17-20)25(29)19-9-4-3-5-10-19/h3-7,9-10,12-15,17H,2,8,11,16H2,1H3,(H,26,28). The van der Waals surface area contributed by atoms with E-state index in [1.165, 1.54) is 0 Å². The lowest BCUT2D eigenvalue weighted by Gasteiger charge is -2.30. The Labute approximate surface area is 176 Å². The van der Waals surface area contributed by atoms with Gasteiger partial charge in [-0.25, -0.2) is 0 Å². The molecule has 0 spiro atoms. The number of hydrogen-bond acceptors (Lipinski definition) is 3. The molecule has 5 heteroatoms. The van der Waals surface area contributed by atoms with Crippen molar-refractivity contribution in [3.05, 3.63) is 89.5 Å². The lowest BCUT2D eigenvalue weighted by molar-refractivity contribution is 0.0983. The summed E-state index contributed by atoms with van der Waals surface area (Å²) in [7, 11) is 0. The molecule has 4 rings (SSSR count). The zero-order valence-corrected chi connectivity index (χ0v) is 16.9. The van der Waals surface area contributed by atoms with E-state index < -0.39 is 0 Å². The number of hydrogen-bond donors (Lipinski definition) is 1. The Balaban J connectivity index is 1.60. The first-order valence-electron chi connectivity index (χ1n) is 10.2. The summed E-state index contributed by atoms with van der Waals surface area (Å²) in [5, 5.41) is 2.95. The van der Waals surface area contributed by atoms with Crippen molar-refractivity contribution in [2.24, 2.45) is 0 Å². The molecule has 1 aliphatic rings. The Morgan fingerprint density at radius 3 is 2.57 bits per heavy atom. The van der Waals surface area contributed by atoms with E-state index in [0.717, 1.165) is 24.1 Å². The molecule has 0 radical (unpaired) electrons. The van der Waals surface area contributed by atoms with Gasteiger partial charge in [-0.1, -0.05) is 36.4 Å². The molecule has 2 amide bonds. The van der Waals surface area contributed by atoms with E-state index in [0.29, 0.717) is 35.7 Å². The highest BCUT2D eigenvalue weighted by Gasteiger charge is 2.24. The molecule has 0 unspecified atom stereocenters. The summed E-state index contributed by atoms with van der Waals surface area (Å²) < 4.78 is 5.57. The van der Waals surface area contributed by atoms with E-state index in [1.807, 2.05) is 67.6 Å². The third kappa shape index (κ3) is 4.06. The highest BCUT2D eigenvalue weighted by molar-refractivity contribution is 6.08. The summed E-state index contributed by atoms with van der Waals surface area (Å²) in [6.45, 7) is 3.03. The van der Waals surface area contributed by atoms with Gasteiger partial charge < -0.3 is 15.0 Å². The van der Waals surface area contributed by atoms with E-state index in [9.17, 15) is 9.59 Å². The number of carbonyl (C=O) groups is 2. The maximum atomic E-state index is 13.1. The lowest BCUT2D eigenvalue weighted by Crippen LogP contribution is -2.35. The molecule has 0 saturated carbocycles. The van der Waals surface area contributed by atoms with Crippen molar-refractivity contribution in [3.63, 3.8) is 0 Å². The third-order valence-electron chi connectivity index (χ3n) is 5.16. The van der Waals surface area contributed by atoms with Gasteiger partial charge in [0.2, 0.25) is 0 Å². The Hall–Kier alpha value is -3.60. The van der Waals surface area contributed by atoms with Crippen molar-refractivity contribution < 1.29 is 14.3 Å². The molecule has 0 atom stereocenters. The quantitative estimate of drug-likeness (QED) is 0.661. The molecule has 1 N–H and O–H groups in total. The molecule has 30 heavy (non-hydrogen) atoms. The lowest BCUT2D eigenvalue weighted by atomic mass is 10.00. The SMILES string of the molecule is CCOc1ccccc1C(=O)Nc1ccc2c(c1)N(C(=O)c1ccccc1)CCC2. The van der Waals surface area contributed by atoms with Crippen LogP contribution >= 0.6 is 0 Å². The maximum Gasteiger partial charge on any atom is 0.259 e. The van der Waals surface area contributed by atoms with E-state index in [-0.39, 0.29) is 11.8 Å². The second-order valence-corrected chi connectivity index (χ2v) is 7.15. The summed E-state index contributed by atoms with van der Waals surface area (Å²) in [4.78, 5) is 27.7. The number of carbonyl (C=O) groups excluding carboxylic acids is 2. The van der Waals surface area contributed by atoms with Crippen LogP contribution in [0.4, 0.5) is 11.4 Å². The van der Waals surface area contributed by atoms with Crippen molar-refractivity contribution in [2.75, 3.05) is 23.4 Å². The van der Waals surface area contributed by atoms with E-state index >= 15 is 0 Å². The van der Waals surface area contributed by atoms with Gasteiger partial charge in [-0.2, -0.15) is 0 Å². The largest absolute Gasteiger partial charge is 0.493 e. The van der Waals surface area contributed by atoms with Crippen LogP contribution in [0.25, 0.3) is 0 Å². The molecule has 152 valence electrons. The molecule has 0 fully saturated rings. The summed E-state index contributed by atoms with van der Waals surface area (Å²) >= 11 is 0. The second kappa shape index (κ2) is 8.82. The smallest absolute Gasteiger partial charge is 0.259 e. The highest BCUT2D eigenvalue weighted by Crippen LogP contribution is 2.31. The molecule has 3 aromatic carbocycles. The number of rotatable bonds is 5. The van der Waals surface area contributed by atoms with Crippen LogP contribution in [-0.4, -0.2) is 25.0 Å². The molecule has 0 aliphatic carbocycles. The number of nitrogens with zero attached hydrogens (tertiary/aromatic N) is 1. The fraction of sp³-hybridized carbons (Fsp3) is 0.200. The van der Waals surface area contributed by atoms with Crippen LogP contribution in [0.3, 0.4) is 0 Å². The Morgan fingerprint density at radius 2 is 1.77 bits per heavy atom. The Kier molecular flexibility index (Phi) is 5.80. The number of aryl methyl sites for hydroxylation is 1. The highest BCUT2D eigenvalue weighted by atomic mass is 16.5.